The molecule has 0 bridgehead atoms. The predicted molar refractivity (Wildman–Crippen MR) is 53.2 cm³/mol. The van der Waals surface area contributed by atoms with Gasteiger partial charge in [-0.25, -0.2) is 0 Å². The Balaban J connectivity index is 0.000000671. The third-order valence-corrected chi connectivity index (χ3v) is 2.16. The normalized spacial score (nSPS) is 21.4. The van der Waals surface area contributed by atoms with Gasteiger partial charge in [-0.05, 0) is 12.3 Å². The lowest BCUT2D eigenvalue weighted by atomic mass is 10.0. The molecule has 1 aliphatic heterocycles. The minimum atomic E-state index is -0.112. The summed E-state index contributed by atoms with van der Waals surface area (Å²) in [7, 11) is 0. The lowest BCUT2D eigenvalue weighted by Gasteiger charge is -2.11. The quantitative estimate of drug-likeness (QED) is 0.729. The van der Waals surface area contributed by atoms with E-state index in [4.69, 9.17) is 5.11 Å². The van der Waals surface area contributed by atoms with Gasteiger partial charge in [0.15, 0.2) is 0 Å². The Kier molecular flexibility index (Phi) is 6.59. The van der Waals surface area contributed by atoms with Crippen molar-refractivity contribution in [3.8, 4) is 0 Å². The van der Waals surface area contributed by atoms with Gasteiger partial charge in [-0.15, -0.1) is 0 Å². The molecule has 1 fully saturated rings. The number of amides is 1. The molecule has 1 heterocycles. The highest BCUT2D eigenvalue weighted by atomic mass is 16.3. The van der Waals surface area contributed by atoms with Crippen LogP contribution in [0.15, 0.2) is 0 Å². The number of hydrogen-bond acceptors (Lipinski definition) is 2. The maximum Gasteiger partial charge on any atom is 0.224 e. The minimum absolute atomic E-state index is 0.103. The number of rotatable bonds is 3. The van der Waals surface area contributed by atoms with Crippen LogP contribution >= 0.6 is 0 Å². The monoisotopic (exact) mass is 187 g/mol. The van der Waals surface area contributed by atoms with Gasteiger partial charge in [0.05, 0.1) is 0 Å². The molecule has 1 unspecified atom stereocenters. The van der Waals surface area contributed by atoms with Gasteiger partial charge in [-0.2, -0.15) is 0 Å². The van der Waals surface area contributed by atoms with E-state index in [2.05, 4.69) is 6.92 Å². The number of likely N-dealkylation sites (tertiary alicyclic amines) is 1. The molecule has 78 valence electrons. The zero-order chi connectivity index (χ0) is 10.3. The molecule has 0 spiro atoms. The number of aliphatic hydroxyl groups is 1. The molecule has 0 aliphatic carbocycles. The lowest BCUT2D eigenvalue weighted by molar-refractivity contribution is -0.130. The maximum atomic E-state index is 11.1. The Morgan fingerprint density at radius 3 is 2.54 bits per heavy atom. The van der Waals surface area contributed by atoms with Crippen LogP contribution < -0.4 is 0 Å². The van der Waals surface area contributed by atoms with Crippen molar-refractivity contribution in [2.75, 3.05) is 13.3 Å². The van der Waals surface area contributed by atoms with Crippen molar-refractivity contribution in [3.05, 3.63) is 0 Å². The molecular formula is C10H21NO2. The zero-order valence-electron chi connectivity index (χ0n) is 8.92. The summed E-state index contributed by atoms with van der Waals surface area (Å²) in [6.45, 7) is 6.76. The van der Waals surface area contributed by atoms with Crippen molar-refractivity contribution in [3.63, 3.8) is 0 Å². The van der Waals surface area contributed by atoms with Crippen LogP contribution in [0.3, 0.4) is 0 Å². The lowest BCUT2D eigenvalue weighted by Crippen LogP contribution is -2.25. The summed E-state index contributed by atoms with van der Waals surface area (Å²) in [6.07, 6.45) is 2.86. The van der Waals surface area contributed by atoms with Crippen molar-refractivity contribution in [1.82, 2.24) is 4.90 Å². The first kappa shape index (κ1) is 12.4. The minimum Gasteiger partial charge on any atom is -0.376 e. The molecule has 1 saturated heterocycles. The molecule has 1 atom stereocenters. The SMILES string of the molecule is CC.CCCC1CC(=O)N(CO)C1. The summed E-state index contributed by atoms with van der Waals surface area (Å²) in [5, 5.41) is 8.73. The predicted octanol–water partition coefficient (Wildman–Crippen LogP) is 1.61. The van der Waals surface area contributed by atoms with Crippen molar-refractivity contribution in [2.24, 2.45) is 5.92 Å². The molecule has 3 nitrogen and oxygen atoms in total. The first-order chi connectivity index (χ1) is 6.27. The molecule has 3 heteroatoms. The summed E-state index contributed by atoms with van der Waals surface area (Å²) in [4.78, 5) is 12.6. The number of hydrogen-bond donors (Lipinski definition) is 1. The van der Waals surface area contributed by atoms with E-state index in [1.807, 2.05) is 13.8 Å². The van der Waals surface area contributed by atoms with Gasteiger partial charge in [0, 0.05) is 13.0 Å². The number of carbonyl (C=O) groups is 1. The molecule has 1 N–H and O–H groups in total. The topological polar surface area (TPSA) is 40.5 Å². The summed E-state index contributed by atoms with van der Waals surface area (Å²) >= 11 is 0. The third kappa shape index (κ3) is 3.77. The highest BCUT2D eigenvalue weighted by Gasteiger charge is 2.27. The van der Waals surface area contributed by atoms with Crippen LogP contribution in [0.25, 0.3) is 0 Å². The fourth-order valence-corrected chi connectivity index (χ4v) is 1.59. The van der Waals surface area contributed by atoms with Crippen molar-refractivity contribution >= 4 is 5.91 Å². The van der Waals surface area contributed by atoms with Gasteiger partial charge in [-0.1, -0.05) is 27.2 Å². The van der Waals surface area contributed by atoms with E-state index in [0.29, 0.717) is 12.3 Å². The maximum absolute atomic E-state index is 11.1. The van der Waals surface area contributed by atoms with Gasteiger partial charge < -0.3 is 10.0 Å². The van der Waals surface area contributed by atoms with Crippen molar-refractivity contribution in [1.29, 1.82) is 0 Å². The van der Waals surface area contributed by atoms with Crippen LogP contribution in [-0.2, 0) is 4.79 Å². The third-order valence-electron chi connectivity index (χ3n) is 2.16. The molecule has 0 aromatic carbocycles. The van der Waals surface area contributed by atoms with Crippen LogP contribution in [0.5, 0.6) is 0 Å². The van der Waals surface area contributed by atoms with Gasteiger partial charge in [-0.3, -0.25) is 4.79 Å². The van der Waals surface area contributed by atoms with Crippen LogP contribution in [-0.4, -0.2) is 29.2 Å². The number of carbonyl (C=O) groups excluding carboxylic acids is 1. The summed E-state index contributed by atoms with van der Waals surface area (Å²) < 4.78 is 0. The van der Waals surface area contributed by atoms with Gasteiger partial charge in [0.25, 0.3) is 0 Å². The Hall–Kier alpha value is -0.570. The number of nitrogens with zero attached hydrogens (tertiary/aromatic N) is 1. The Labute approximate surface area is 80.7 Å². The second-order valence-corrected chi connectivity index (χ2v) is 3.12. The van der Waals surface area contributed by atoms with Crippen LogP contribution in [0, 0.1) is 5.92 Å². The standard InChI is InChI=1S/C8H15NO2.C2H6/c1-2-3-7-4-8(11)9(5-7)6-10;1-2/h7,10H,2-6H2,1H3;1-2H3. The highest BCUT2D eigenvalue weighted by Crippen LogP contribution is 2.20. The van der Waals surface area contributed by atoms with Crippen LogP contribution in [0.4, 0.5) is 0 Å². The molecule has 0 saturated carbocycles. The second kappa shape index (κ2) is 6.89. The average Bonchev–Trinajstić information content (AvgIpc) is 2.50. The molecule has 0 aromatic heterocycles. The molecule has 0 aromatic rings. The molecule has 0 radical (unpaired) electrons. The van der Waals surface area contributed by atoms with E-state index in [-0.39, 0.29) is 12.6 Å². The van der Waals surface area contributed by atoms with Crippen LogP contribution in [0.2, 0.25) is 0 Å². The van der Waals surface area contributed by atoms with Crippen molar-refractivity contribution in [2.45, 2.75) is 40.0 Å². The van der Waals surface area contributed by atoms with E-state index in [1.54, 1.807) is 0 Å². The summed E-state index contributed by atoms with van der Waals surface area (Å²) in [5.41, 5.74) is 0. The Morgan fingerprint density at radius 1 is 1.54 bits per heavy atom. The van der Waals surface area contributed by atoms with E-state index in [0.717, 1.165) is 19.4 Å². The average molecular weight is 187 g/mol. The molecule has 1 amide bonds. The van der Waals surface area contributed by atoms with E-state index < -0.39 is 0 Å². The van der Waals surface area contributed by atoms with Gasteiger partial charge in [0.1, 0.15) is 6.73 Å². The van der Waals surface area contributed by atoms with Gasteiger partial charge >= 0.3 is 0 Å². The molecular weight excluding hydrogens is 166 g/mol. The van der Waals surface area contributed by atoms with E-state index in [9.17, 15) is 4.79 Å². The van der Waals surface area contributed by atoms with Crippen molar-refractivity contribution < 1.29 is 9.90 Å². The fraction of sp³-hybridized carbons (Fsp3) is 0.900. The first-order valence-electron chi connectivity index (χ1n) is 5.16. The Bertz CT molecular complexity index is 148. The molecule has 1 aliphatic rings. The molecule has 1 rings (SSSR count). The highest BCUT2D eigenvalue weighted by molar-refractivity contribution is 5.78. The van der Waals surface area contributed by atoms with E-state index >= 15 is 0 Å². The zero-order valence-corrected chi connectivity index (χ0v) is 8.92. The number of aliphatic hydroxyl groups excluding tert-OH is 1. The summed E-state index contributed by atoms with van der Waals surface area (Å²) in [5.74, 6) is 0.589. The Morgan fingerprint density at radius 2 is 2.15 bits per heavy atom. The fourth-order valence-electron chi connectivity index (χ4n) is 1.59. The second-order valence-electron chi connectivity index (χ2n) is 3.12. The summed E-state index contributed by atoms with van der Waals surface area (Å²) in [6, 6.07) is 0. The molecule has 13 heavy (non-hydrogen) atoms. The largest absolute Gasteiger partial charge is 0.376 e. The van der Waals surface area contributed by atoms with Gasteiger partial charge in [0.2, 0.25) is 5.91 Å². The first-order valence-corrected chi connectivity index (χ1v) is 5.16. The smallest absolute Gasteiger partial charge is 0.224 e. The van der Waals surface area contributed by atoms with Crippen LogP contribution in [0.1, 0.15) is 40.0 Å². The van der Waals surface area contributed by atoms with E-state index in [1.165, 1.54) is 4.90 Å².